The smallest absolute Gasteiger partial charge is 0.321 e. The lowest BCUT2D eigenvalue weighted by atomic mass is 9.79. The maximum atomic E-state index is 12.9. The third-order valence-corrected chi connectivity index (χ3v) is 5.70. The molecular weight excluding hydrogens is 344 g/mol. The van der Waals surface area contributed by atoms with Crippen LogP contribution in [0, 0.1) is 12.3 Å². The molecule has 2 saturated heterocycles. The number of amides is 3. The van der Waals surface area contributed by atoms with Crippen molar-refractivity contribution in [3.8, 4) is 0 Å². The van der Waals surface area contributed by atoms with Crippen LogP contribution in [0.4, 0.5) is 16.2 Å². The average molecular weight is 374 g/mol. The molecule has 3 rings (SSSR count). The van der Waals surface area contributed by atoms with Crippen molar-refractivity contribution >= 4 is 23.3 Å². The first kappa shape index (κ1) is 19.6. The van der Waals surface area contributed by atoms with Gasteiger partial charge in [-0.1, -0.05) is 6.07 Å². The van der Waals surface area contributed by atoms with Crippen molar-refractivity contribution in [3.63, 3.8) is 0 Å². The van der Waals surface area contributed by atoms with Crippen molar-refractivity contribution in [2.24, 2.45) is 5.41 Å². The van der Waals surface area contributed by atoms with Crippen molar-refractivity contribution in [2.45, 2.75) is 26.2 Å². The predicted molar refractivity (Wildman–Crippen MR) is 106 cm³/mol. The lowest BCUT2D eigenvalue weighted by Gasteiger charge is -2.40. The van der Waals surface area contributed by atoms with Gasteiger partial charge in [0.25, 0.3) is 0 Å². The quantitative estimate of drug-likeness (QED) is 0.849. The van der Waals surface area contributed by atoms with Gasteiger partial charge in [0, 0.05) is 43.5 Å². The second-order valence-corrected chi connectivity index (χ2v) is 7.90. The molecule has 2 heterocycles. The summed E-state index contributed by atoms with van der Waals surface area (Å²) in [6, 6.07) is 5.45. The number of hydrogen-bond acceptors (Lipinski definition) is 4. The molecule has 2 fully saturated rings. The van der Waals surface area contributed by atoms with E-state index in [1.54, 1.807) is 0 Å². The number of urea groups is 1. The molecule has 3 amide bonds. The monoisotopic (exact) mass is 374 g/mol. The number of carbonyl (C=O) groups is 2. The summed E-state index contributed by atoms with van der Waals surface area (Å²) in [7, 11) is 3.64. The first-order chi connectivity index (χ1) is 12.9. The highest BCUT2D eigenvalue weighted by Crippen LogP contribution is 2.38. The van der Waals surface area contributed by atoms with Crippen LogP contribution >= 0.6 is 0 Å². The summed E-state index contributed by atoms with van der Waals surface area (Å²) < 4.78 is 4.85. The van der Waals surface area contributed by atoms with Crippen LogP contribution in [0.2, 0.25) is 0 Å². The van der Waals surface area contributed by atoms with E-state index in [0.29, 0.717) is 5.69 Å². The number of piperidine rings is 1. The Hall–Kier alpha value is -2.12. The predicted octanol–water partition coefficient (Wildman–Crippen LogP) is 2.53. The fraction of sp³-hybridized carbons (Fsp3) is 0.600. The number of likely N-dealkylation sites (tertiary alicyclic amines) is 2. The van der Waals surface area contributed by atoms with Crippen LogP contribution in [-0.4, -0.2) is 68.7 Å². The van der Waals surface area contributed by atoms with Gasteiger partial charge in [0.05, 0.1) is 0 Å². The highest BCUT2D eigenvalue weighted by atomic mass is 16.5. The largest absolute Gasteiger partial charge is 0.375 e. The molecule has 0 aromatic heterocycles. The van der Waals surface area contributed by atoms with Gasteiger partial charge in [-0.15, -0.1) is 0 Å². The van der Waals surface area contributed by atoms with Crippen molar-refractivity contribution in [1.82, 2.24) is 9.80 Å². The van der Waals surface area contributed by atoms with Crippen molar-refractivity contribution in [3.05, 3.63) is 23.8 Å². The van der Waals surface area contributed by atoms with E-state index in [2.05, 4.69) is 22.6 Å². The van der Waals surface area contributed by atoms with Gasteiger partial charge in [-0.3, -0.25) is 4.79 Å². The maximum absolute atomic E-state index is 12.9. The normalized spacial score (nSPS) is 22.9. The first-order valence-corrected chi connectivity index (χ1v) is 9.55. The summed E-state index contributed by atoms with van der Waals surface area (Å²) in [6.07, 6.45) is 3.40. The minimum absolute atomic E-state index is 0.000331. The average Bonchev–Trinajstić information content (AvgIpc) is 2.98. The molecule has 1 unspecified atom stereocenters. The number of rotatable bonds is 4. The molecule has 7 nitrogen and oxygen atoms in total. The Bertz CT molecular complexity index is 704. The Morgan fingerprint density at radius 1 is 1.15 bits per heavy atom. The molecule has 7 heteroatoms. The molecule has 27 heavy (non-hydrogen) atoms. The van der Waals surface area contributed by atoms with Crippen LogP contribution < -0.4 is 10.6 Å². The first-order valence-electron chi connectivity index (χ1n) is 9.55. The molecule has 1 aromatic rings. The van der Waals surface area contributed by atoms with Crippen LogP contribution in [0.25, 0.3) is 0 Å². The van der Waals surface area contributed by atoms with Crippen molar-refractivity contribution in [2.75, 3.05) is 57.6 Å². The van der Waals surface area contributed by atoms with Crippen LogP contribution in [0.3, 0.4) is 0 Å². The summed E-state index contributed by atoms with van der Waals surface area (Å²) >= 11 is 0. The highest BCUT2D eigenvalue weighted by molar-refractivity contribution is 5.95. The lowest BCUT2D eigenvalue weighted by molar-refractivity contribution is -0.119. The Balaban J connectivity index is 1.66. The summed E-state index contributed by atoms with van der Waals surface area (Å²) in [4.78, 5) is 29.0. The summed E-state index contributed by atoms with van der Waals surface area (Å²) in [5.41, 5.74) is 2.48. The van der Waals surface area contributed by atoms with Gasteiger partial charge in [0.15, 0.2) is 0 Å². The molecule has 0 radical (unpaired) electrons. The lowest BCUT2D eigenvalue weighted by Crippen LogP contribution is -2.48. The third-order valence-electron chi connectivity index (χ3n) is 5.70. The second kappa shape index (κ2) is 8.27. The molecular formula is C20H30N4O3. The molecule has 1 aromatic carbocycles. The van der Waals surface area contributed by atoms with E-state index in [1.165, 1.54) is 13.5 Å². The SMILES string of the molecule is COCC(=O)Nc1cccc(NC(=O)N2CCCC3(CCN(C)C3)C2)c1C. The fourth-order valence-electron chi connectivity index (χ4n) is 4.29. The van der Waals surface area contributed by atoms with Crippen molar-refractivity contribution in [1.29, 1.82) is 0 Å². The highest BCUT2D eigenvalue weighted by Gasteiger charge is 2.41. The second-order valence-electron chi connectivity index (χ2n) is 7.90. The van der Waals surface area contributed by atoms with Gasteiger partial charge in [-0.05, 0) is 57.5 Å². The topological polar surface area (TPSA) is 73.9 Å². The van der Waals surface area contributed by atoms with Crippen LogP contribution in [0.1, 0.15) is 24.8 Å². The molecule has 1 spiro atoms. The van der Waals surface area contributed by atoms with E-state index in [4.69, 9.17) is 4.74 Å². The van der Waals surface area contributed by atoms with Crippen LogP contribution in [0.5, 0.6) is 0 Å². The van der Waals surface area contributed by atoms with E-state index in [9.17, 15) is 9.59 Å². The number of anilines is 2. The van der Waals surface area contributed by atoms with E-state index in [0.717, 1.165) is 50.3 Å². The molecule has 1 atom stereocenters. The number of benzene rings is 1. The third kappa shape index (κ3) is 4.59. The standard InChI is InChI=1S/C20H30N4O3/c1-15-16(21-18(25)12-27-3)6-4-7-17(15)22-19(26)24-10-5-8-20(14-24)9-11-23(2)13-20/h4,6-7H,5,8-14H2,1-3H3,(H,21,25)(H,22,26). The summed E-state index contributed by atoms with van der Waals surface area (Å²) in [5, 5.41) is 5.85. The van der Waals surface area contributed by atoms with E-state index < -0.39 is 0 Å². The van der Waals surface area contributed by atoms with E-state index in [-0.39, 0.29) is 24.0 Å². The van der Waals surface area contributed by atoms with Gasteiger partial charge in [0.2, 0.25) is 5.91 Å². The number of nitrogens with one attached hydrogen (secondary N) is 2. The van der Waals surface area contributed by atoms with Crippen LogP contribution in [0.15, 0.2) is 18.2 Å². The summed E-state index contributed by atoms with van der Waals surface area (Å²) in [6.45, 7) is 5.67. The Morgan fingerprint density at radius 2 is 1.89 bits per heavy atom. The minimum atomic E-state index is -0.215. The van der Waals surface area contributed by atoms with Gasteiger partial charge in [-0.2, -0.15) is 0 Å². The van der Waals surface area contributed by atoms with Gasteiger partial charge < -0.3 is 25.2 Å². The summed E-state index contributed by atoms with van der Waals surface area (Å²) in [5.74, 6) is -0.215. The van der Waals surface area contributed by atoms with E-state index >= 15 is 0 Å². The fourth-order valence-corrected chi connectivity index (χ4v) is 4.29. The van der Waals surface area contributed by atoms with Crippen molar-refractivity contribution < 1.29 is 14.3 Å². The molecule has 0 saturated carbocycles. The Kier molecular flexibility index (Phi) is 6.01. The minimum Gasteiger partial charge on any atom is -0.375 e. The van der Waals surface area contributed by atoms with Gasteiger partial charge in [-0.25, -0.2) is 4.79 Å². The molecule has 2 N–H and O–H groups in total. The zero-order valence-electron chi connectivity index (χ0n) is 16.5. The zero-order chi connectivity index (χ0) is 19.4. The van der Waals surface area contributed by atoms with E-state index in [1.807, 2.05) is 30.0 Å². The van der Waals surface area contributed by atoms with Gasteiger partial charge in [0.1, 0.15) is 6.61 Å². The number of carbonyl (C=O) groups excluding carboxylic acids is 2. The maximum Gasteiger partial charge on any atom is 0.321 e. The zero-order valence-corrected chi connectivity index (χ0v) is 16.5. The number of methoxy groups -OCH3 is 1. The molecule has 0 aliphatic carbocycles. The molecule has 2 aliphatic rings. The molecule has 0 bridgehead atoms. The number of ether oxygens (including phenoxy) is 1. The number of hydrogen-bond donors (Lipinski definition) is 2. The van der Waals surface area contributed by atoms with Crippen LogP contribution in [-0.2, 0) is 9.53 Å². The Morgan fingerprint density at radius 3 is 2.56 bits per heavy atom. The Labute approximate surface area is 161 Å². The van der Waals surface area contributed by atoms with Gasteiger partial charge >= 0.3 is 6.03 Å². The molecule has 2 aliphatic heterocycles. The number of nitrogens with zero attached hydrogens (tertiary/aromatic N) is 2. The molecule has 148 valence electrons.